The molecule has 0 aliphatic rings. The van der Waals surface area contributed by atoms with Crippen LogP contribution >= 0.6 is 0 Å². The molecule has 4 nitrogen and oxygen atoms in total. The number of carboxylic acids is 2. The fraction of sp³-hybridized carbons (Fsp3) is 0.111. The molecule has 0 saturated carbocycles. The summed E-state index contributed by atoms with van der Waals surface area (Å²) in [7, 11) is 0. The molecule has 0 atom stereocenters. The molecule has 13 heavy (non-hydrogen) atoms. The van der Waals surface area contributed by atoms with Gasteiger partial charge in [0.1, 0.15) is 0 Å². The van der Waals surface area contributed by atoms with E-state index in [0.29, 0.717) is 12.2 Å². The number of hydrogen-bond donors (Lipinski definition) is 2. The van der Waals surface area contributed by atoms with Crippen molar-refractivity contribution in [3.63, 3.8) is 0 Å². The highest BCUT2D eigenvalue weighted by Crippen LogP contribution is 1.81. The van der Waals surface area contributed by atoms with Gasteiger partial charge >= 0.3 is 11.9 Å². The maximum atomic E-state index is 9.55. The van der Waals surface area contributed by atoms with Crippen LogP contribution in [0.5, 0.6) is 0 Å². The van der Waals surface area contributed by atoms with Crippen LogP contribution in [0.25, 0.3) is 0 Å². The Morgan fingerprint density at radius 1 is 1.15 bits per heavy atom. The van der Waals surface area contributed by atoms with Crippen LogP contribution in [0.2, 0.25) is 0 Å². The molecular formula is C9H12O4. The van der Waals surface area contributed by atoms with Gasteiger partial charge in [-0.2, -0.15) is 0 Å². The molecule has 0 aliphatic carbocycles. The molecule has 0 aromatic heterocycles. The lowest BCUT2D eigenvalue weighted by Gasteiger charge is -1.74. The van der Waals surface area contributed by atoms with Crippen molar-refractivity contribution in [1.82, 2.24) is 0 Å². The minimum absolute atomic E-state index is 0.558. The molecule has 0 aromatic rings. The lowest BCUT2D eigenvalue weighted by molar-refractivity contribution is -0.134. The quantitative estimate of drug-likeness (QED) is 0.514. The number of allylic oxidation sites excluding steroid dienone is 2. The second-order valence-corrected chi connectivity index (χ2v) is 2.06. The molecule has 0 rings (SSSR count). The number of carbonyl (C=O) groups is 2. The molecule has 0 heterocycles. The topological polar surface area (TPSA) is 74.6 Å². The maximum Gasteiger partial charge on any atom is 0.328 e. The van der Waals surface area contributed by atoms with E-state index in [1.807, 2.05) is 6.92 Å². The fourth-order valence-corrected chi connectivity index (χ4v) is 0.143. The van der Waals surface area contributed by atoms with E-state index in [4.69, 9.17) is 10.2 Å². The predicted octanol–water partition coefficient (Wildman–Crippen LogP) is 1.46. The van der Waals surface area contributed by atoms with Crippen LogP contribution in [0, 0.1) is 0 Å². The van der Waals surface area contributed by atoms with E-state index in [1.165, 1.54) is 0 Å². The molecule has 0 spiro atoms. The van der Waals surface area contributed by atoms with Crippen LogP contribution in [-0.4, -0.2) is 22.2 Å². The van der Waals surface area contributed by atoms with Crippen molar-refractivity contribution in [1.29, 1.82) is 0 Å². The molecule has 0 unspecified atom stereocenters. The normalized spacial score (nSPS) is 8.38. The Hall–Kier alpha value is -1.84. The van der Waals surface area contributed by atoms with E-state index in [9.17, 15) is 9.59 Å². The van der Waals surface area contributed by atoms with Crippen LogP contribution in [0.1, 0.15) is 6.92 Å². The lowest BCUT2D eigenvalue weighted by atomic mass is 10.4. The summed E-state index contributed by atoms with van der Waals surface area (Å²) in [6, 6.07) is 0. The van der Waals surface area contributed by atoms with Gasteiger partial charge in [-0.1, -0.05) is 24.8 Å². The minimum atomic E-state index is -1.26. The Kier molecular flexibility index (Phi) is 8.72. The highest BCUT2D eigenvalue weighted by atomic mass is 16.4. The Morgan fingerprint density at radius 3 is 1.46 bits per heavy atom. The van der Waals surface area contributed by atoms with Crippen LogP contribution in [0.4, 0.5) is 0 Å². The smallest absolute Gasteiger partial charge is 0.328 e. The third kappa shape index (κ3) is 25.4. The molecule has 0 bridgehead atoms. The van der Waals surface area contributed by atoms with E-state index >= 15 is 0 Å². The van der Waals surface area contributed by atoms with E-state index in [-0.39, 0.29) is 0 Å². The first-order valence-electron chi connectivity index (χ1n) is 3.32. The second-order valence-electron chi connectivity index (χ2n) is 2.06. The van der Waals surface area contributed by atoms with Gasteiger partial charge in [0.15, 0.2) is 0 Å². The fourth-order valence-electron chi connectivity index (χ4n) is 0.143. The van der Waals surface area contributed by atoms with Gasteiger partial charge in [0.05, 0.1) is 0 Å². The first-order chi connectivity index (χ1) is 5.90. The largest absolute Gasteiger partial charge is 0.478 e. The zero-order chi connectivity index (χ0) is 10.9. The van der Waals surface area contributed by atoms with Gasteiger partial charge in [-0.25, -0.2) is 9.59 Å². The van der Waals surface area contributed by atoms with E-state index in [2.05, 4.69) is 13.2 Å². The highest BCUT2D eigenvalue weighted by Gasteiger charge is 1.88. The van der Waals surface area contributed by atoms with Crippen LogP contribution in [-0.2, 0) is 9.59 Å². The summed E-state index contributed by atoms with van der Waals surface area (Å²) in [5.41, 5.74) is 1.02. The van der Waals surface area contributed by atoms with Gasteiger partial charge in [0.25, 0.3) is 0 Å². The van der Waals surface area contributed by atoms with E-state index in [0.717, 1.165) is 5.57 Å². The van der Waals surface area contributed by atoms with Crippen LogP contribution in [0.3, 0.4) is 0 Å². The Balaban J connectivity index is 0. The highest BCUT2D eigenvalue weighted by molar-refractivity contribution is 5.89. The molecular weight excluding hydrogens is 172 g/mol. The average Bonchev–Trinajstić information content (AvgIpc) is 2.02. The molecule has 0 aliphatic heterocycles. The summed E-state index contributed by atoms with van der Waals surface area (Å²) in [4.78, 5) is 19.1. The lowest BCUT2D eigenvalue weighted by Crippen LogP contribution is -1.91. The van der Waals surface area contributed by atoms with E-state index < -0.39 is 11.9 Å². The molecule has 2 N–H and O–H groups in total. The van der Waals surface area contributed by atoms with Crippen LogP contribution < -0.4 is 0 Å². The standard InChI is InChI=1S/C5H8.C4H4O4/c1-4-5(2)3;5-3(6)1-2-4(7)8/h4H,1-2H2,3H3;1-2H,(H,5,6)(H,7,8). The third-order valence-corrected chi connectivity index (χ3v) is 0.717. The Labute approximate surface area is 76.5 Å². The summed E-state index contributed by atoms with van der Waals surface area (Å²) < 4.78 is 0. The molecule has 0 aromatic carbocycles. The minimum Gasteiger partial charge on any atom is -0.478 e. The predicted molar refractivity (Wildman–Crippen MR) is 49.4 cm³/mol. The van der Waals surface area contributed by atoms with Crippen LogP contribution in [0.15, 0.2) is 37.0 Å². The molecule has 0 saturated heterocycles. The number of aliphatic carboxylic acids is 2. The molecule has 0 amide bonds. The number of carboxylic acid groups (broad SMARTS) is 2. The van der Waals surface area contributed by atoms with Gasteiger partial charge in [-0.15, -0.1) is 0 Å². The summed E-state index contributed by atoms with van der Waals surface area (Å²) in [6.07, 6.45) is 2.84. The van der Waals surface area contributed by atoms with Crippen molar-refractivity contribution in [3.05, 3.63) is 37.0 Å². The first kappa shape index (κ1) is 13.7. The average molecular weight is 184 g/mol. The summed E-state index contributed by atoms with van der Waals surface area (Å²) >= 11 is 0. The summed E-state index contributed by atoms with van der Waals surface area (Å²) in [5, 5.41) is 15.6. The second kappa shape index (κ2) is 8.26. The van der Waals surface area contributed by atoms with Crippen molar-refractivity contribution in [2.75, 3.05) is 0 Å². The van der Waals surface area contributed by atoms with Crippen molar-refractivity contribution in [3.8, 4) is 0 Å². The molecule has 4 heteroatoms. The molecule has 72 valence electrons. The zero-order valence-corrected chi connectivity index (χ0v) is 7.36. The van der Waals surface area contributed by atoms with E-state index in [1.54, 1.807) is 6.08 Å². The van der Waals surface area contributed by atoms with Gasteiger partial charge in [0.2, 0.25) is 0 Å². The van der Waals surface area contributed by atoms with Crippen molar-refractivity contribution < 1.29 is 19.8 Å². The first-order valence-corrected chi connectivity index (χ1v) is 3.32. The van der Waals surface area contributed by atoms with Gasteiger partial charge in [0, 0.05) is 12.2 Å². The maximum absolute atomic E-state index is 9.55. The third-order valence-electron chi connectivity index (χ3n) is 0.717. The SMILES string of the molecule is C=CC(=C)C.O=C(O)C=CC(=O)O. The molecule has 0 fully saturated rings. The summed E-state index contributed by atoms with van der Waals surface area (Å²) in [6.45, 7) is 8.93. The van der Waals surface area contributed by atoms with Gasteiger partial charge in [-0.05, 0) is 6.92 Å². The summed E-state index contributed by atoms with van der Waals surface area (Å²) in [5.74, 6) is -2.51. The Bertz CT molecular complexity index is 222. The van der Waals surface area contributed by atoms with Gasteiger partial charge in [-0.3, -0.25) is 0 Å². The molecule has 0 radical (unpaired) electrons. The monoisotopic (exact) mass is 184 g/mol. The zero-order valence-electron chi connectivity index (χ0n) is 7.36. The van der Waals surface area contributed by atoms with Crippen molar-refractivity contribution in [2.24, 2.45) is 0 Å². The number of rotatable bonds is 3. The van der Waals surface area contributed by atoms with Gasteiger partial charge < -0.3 is 10.2 Å². The van der Waals surface area contributed by atoms with Crippen molar-refractivity contribution in [2.45, 2.75) is 6.92 Å². The Morgan fingerprint density at radius 2 is 1.38 bits per heavy atom. The van der Waals surface area contributed by atoms with Crippen molar-refractivity contribution >= 4 is 11.9 Å². The number of hydrogen-bond acceptors (Lipinski definition) is 2.